The van der Waals surface area contributed by atoms with Crippen LogP contribution in [0.1, 0.15) is 58.4 Å². The summed E-state index contributed by atoms with van der Waals surface area (Å²) in [4.78, 5) is 50.9. The quantitative estimate of drug-likeness (QED) is 0.0582. The predicted molar refractivity (Wildman–Crippen MR) is 213 cm³/mol. The molecule has 1 fully saturated rings. The van der Waals surface area contributed by atoms with Gasteiger partial charge in [0, 0.05) is 26.6 Å². The zero-order chi connectivity index (χ0) is 40.5. The Hall–Kier alpha value is -4.32. The van der Waals surface area contributed by atoms with Gasteiger partial charge in [-0.15, -0.1) is 0 Å². The van der Waals surface area contributed by atoms with Gasteiger partial charge in [0.2, 0.25) is 11.9 Å². The summed E-state index contributed by atoms with van der Waals surface area (Å²) in [7, 11) is 0.575. The Balaban J connectivity index is 1.47. The lowest BCUT2D eigenvalue weighted by Crippen LogP contribution is -2.50. The minimum Gasteiger partial charge on any atom is -0.406 e. The lowest BCUT2D eigenvalue weighted by atomic mass is 9.77. The molecule has 4 aromatic rings. The summed E-state index contributed by atoms with van der Waals surface area (Å²) in [6.07, 6.45) is 3.78. The molecule has 6 rings (SSSR count). The van der Waals surface area contributed by atoms with Crippen LogP contribution in [0.15, 0.2) is 95.6 Å². The first-order chi connectivity index (χ1) is 26.6. The van der Waals surface area contributed by atoms with Gasteiger partial charge in [0.25, 0.3) is 5.56 Å². The lowest BCUT2D eigenvalue weighted by Gasteiger charge is -2.42. The molecule has 2 aromatic carbocycles. The maximum Gasteiger partial charge on any atom is 0.280 e. The first kappa shape index (κ1) is 41.3. The molecule has 15 heteroatoms. The largest absolute Gasteiger partial charge is 0.406 e. The highest BCUT2D eigenvalue weighted by molar-refractivity contribution is 6.74. The van der Waals surface area contributed by atoms with Crippen LogP contribution < -0.4 is 10.9 Å². The van der Waals surface area contributed by atoms with Gasteiger partial charge in [-0.3, -0.25) is 24.5 Å². The average Bonchev–Trinajstić information content (AvgIpc) is 3.76. The topological polar surface area (TPSA) is 168 Å². The third kappa shape index (κ3) is 7.82. The summed E-state index contributed by atoms with van der Waals surface area (Å²) in [6, 6.07) is 19.5. The molecule has 3 N–H and O–H groups in total. The SMILES string of the molecule is COC1(OC)C=CC(C(OO[C@H]2[C@@H](O[Si](C)(C)C(C)(C)C)[C@H](n3cnc4c(=O)[nH]c(NC(=O)C(C)C)nc43)O[C@@H]2CO)(c2ccccc2)c2ccccc2)=CC1. The van der Waals surface area contributed by atoms with Gasteiger partial charge in [-0.05, 0) is 40.9 Å². The highest BCUT2D eigenvalue weighted by Crippen LogP contribution is 2.47. The lowest BCUT2D eigenvalue weighted by molar-refractivity contribution is -0.382. The molecular weight excluding hydrogens is 735 g/mol. The standard InChI is InChI=1S/C41H53N5O9Si/c1-26(2)35(48)44-38-43-34-31(36(49)45-38)42-25-46(34)37-33(54-56(8,9)39(3,4)5)32(30(24-47)52-37)53-55-41(27-16-12-10-13-17-27,28-18-14-11-15-19-28)29-20-22-40(50-6,51-7)23-21-29/h10-22,25-26,30,32-33,37,47H,23-24H2,1-9H3,(H2,43,44,45,48,49)/t30-,32-,33-,37-/m1/s1. The van der Waals surface area contributed by atoms with E-state index in [9.17, 15) is 14.7 Å². The van der Waals surface area contributed by atoms with Crippen molar-refractivity contribution in [3.8, 4) is 0 Å². The van der Waals surface area contributed by atoms with Gasteiger partial charge in [0.1, 0.15) is 12.2 Å². The minimum absolute atomic E-state index is 0.0343. The number of aliphatic hydroxyl groups excluding tert-OH is 1. The zero-order valence-electron chi connectivity index (χ0n) is 33.4. The van der Waals surface area contributed by atoms with E-state index < -0.39 is 56.4 Å². The van der Waals surface area contributed by atoms with Crippen molar-refractivity contribution in [2.24, 2.45) is 5.92 Å². The molecular formula is C41H53N5O9Si. The summed E-state index contributed by atoms with van der Waals surface area (Å²) in [5.74, 6) is -1.67. The van der Waals surface area contributed by atoms with E-state index in [1.807, 2.05) is 78.9 Å². The van der Waals surface area contributed by atoms with Crippen molar-refractivity contribution < 1.29 is 38.3 Å². The minimum atomic E-state index is -2.62. The van der Waals surface area contributed by atoms with Crippen LogP contribution in [-0.4, -0.2) is 83.8 Å². The van der Waals surface area contributed by atoms with Crippen molar-refractivity contribution >= 4 is 31.3 Å². The first-order valence-electron chi connectivity index (χ1n) is 18.8. The molecule has 3 heterocycles. The van der Waals surface area contributed by atoms with Gasteiger partial charge >= 0.3 is 0 Å². The van der Waals surface area contributed by atoms with Gasteiger partial charge in [0.15, 0.2) is 43.2 Å². The first-order valence-corrected chi connectivity index (χ1v) is 21.7. The number of amides is 1. The number of anilines is 1. The van der Waals surface area contributed by atoms with E-state index in [0.717, 1.165) is 16.7 Å². The van der Waals surface area contributed by atoms with Gasteiger partial charge in [-0.25, -0.2) is 14.8 Å². The van der Waals surface area contributed by atoms with Crippen LogP contribution in [0, 0.1) is 5.92 Å². The van der Waals surface area contributed by atoms with E-state index in [1.54, 1.807) is 32.6 Å². The van der Waals surface area contributed by atoms with Crippen molar-refractivity contribution in [1.82, 2.24) is 19.5 Å². The number of methoxy groups -OCH3 is 2. The summed E-state index contributed by atoms with van der Waals surface area (Å²) in [6.45, 7) is 13.6. The van der Waals surface area contributed by atoms with E-state index in [-0.39, 0.29) is 34.0 Å². The fourth-order valence-electron chi connectivity index (χ4n) is 6.64. The van der Waals surface area contributed by atoms with Gasteiger partial charge in [-0.1, -0.05) is 107 Å². The molecule has 1 saturated heterocycles. The molecule has 0 unspecified atom stereocenters. The highest BCUT2D eigenvalue weighted by Gasteiger charge is 2.54. The monoisotopic (exact) mass is 787 g/mol. The van der Waals surface area contributed by atoms with E-state index in [4.69, 9.17) is 28.4 Å². The second kappa shape index (κ2) is 16.3. The fraction of sp³-hybridized carbons (Fsp3) is 0.463. The Morgan fingerprint density at radius 3 is 2.20 bits per heavy atom. The molecule has 300 valence electrons. The maximum atomic E-state index is 13.2. The van der Waals surface area contributed by atoms with E-state index in [0.29, 0.717) is 6.42 Å². The normalized spacial score (nSPS) is 21.4. The molecule has 14 nitrogen and oxygen atoms in total. The number of ether oxygens (including phenoxy) is 3. The molecule has 0 spiro atoms. The number of nitrogens with one attached hydrogen (secondary N) is 2. The number of hydrogen-bond acceptors (Lipinski definition) is 11. The smallest absolute Gasteiger partial charge is 0.280 e. The Bertz CT molecular complexity index is 2070. The Morgan fingerprint density at radius 2 is 1.68 bits per heavy atom. The molecule has 2 aliphatic rings. The van der Waals surface area contributed by atoms with Crippen LogP contribution in [0.5, 0.6) is 0 Å². The van der Waals surface area contributed by atoms with Gasteiger partial charge in [-0.2, -0.15) is 4.98 Å². The average molecular weight is 788 g/mol. The molecule has 1 aliphatic heterocycles. The number of fused-ring (bicyclic) bond motifs is 1. The summed E-state index contributed by atoms with van der Waals surface area (Å²) < 4.78 is 26.8. The van der Waals surface area contributed by atoms with Gasteiger partial charge in [0.05, 0.1) is 12.9 Å². The van der Waals surface area contributed by atoms with Crippen molar-refractivity contribution in [2.75, 3.05) is 26.1 Å². The number of aliphatic hydroxyl groups is 1. The number of H-pyrrole nitrogens is 1. The van der Waals surface area contributed by atoms with Crippen LogP contribution in [0.4, 0.5) is 5.95 Å². The van der Waals surface area contributed by atoms with E-state index in [1.165, 1.54) is 6.33 Å². The van der Waals surface area contributed by atoms with Crippen LogP contribution in [0.3, 0.4) is 0 Å². The number of imidazole rings is 1. The molecule has 2 aromatic heterocycles. The third-order valence-electron chi connectivity index (χ3n) is 11.0. The predicted octanol–water partition coefficient (Wildman–Crippen LogP) is 6.13. The van der Waals surface area contributed by atoms with Crippen LogP contribution in [-0.2, 0) is 38.8 Å². The Labute approximate surface area is 327 Å². The van der Waals surface area contributed by atoms with Crippen molar-refractivity contribution in [1.29, 1.82) is 0 Å². The summed E-state index contributed by atoms with van der Waals surface area (Å²) in [5, 5.41) is 13.3. The summed E-state index contributed by atoms with van der Waals surface area (Å²) in [5.41, 5.74) is 0.640. The molecule has 0 saturated carbocycles. The molecule has 0 radical (unpaired) electrons. The molecule has 1 amide bonds. The van der Waals surface area contributed by atoms with Crippen molar-refractivity contribution in [2.45, 2.75) is 95.1 Å². The second-order valence-electron chi connectivity index (χ2n) is 15.9. The molecule has 0 bridgehead atoms. The van der Waals surface area contributed by atoms with Crippen LogP contribution >= 0.6 is 0 Å². The Morgan fingerprint density at radius 1 is 1.05 bits per heavy atom. The van der Waals surface area contributed by atoms with E-state index >= 15 is 0 Å². The number of nitrogens with zero attached hydrogens (tertiary/aromatic N) is 3. The van der Waals surface area contributed by atoms with Crippen molar-refractivity contribution in [3.63, 3.8) is 0 Å². The fourth-order valence-corrected chi connectivity index (χ4v) is 7.92. The Kier molecular flexibility index (Phi) is 12.0. The highest BCUT2D eigenvalue weighted by atomic mass is 28.4. The zero-order valence-corrected chi connectivity index (χ0v) is 34.4. The number of carbonyl (C=O) groups excluding carboxylic acids is 1. The second-order valence-corrected chi connectivity index (χ2v) is 20.7. The maximum absolute atomic E-state index is 13.2. The molecule has 4 atom stereocenters. The number of hydrogen-bond donors (Lipinski definition) is 3. The van der Waals surface area contributed by atoms with Gasteiger partial charge < -0.3 is 23.7 Å². The summed E-state index contributed by atoms with van der Waals surface area (Å²) >= 11 is 0. The van der Waals surface area contributed by atoms with Crippen LogP contribution in [0.2, 0.25) is 18.1 Å². The number of aromatic nitrogens is 4. The van der Waals surface area contributed by atoms with Crippen LogP contribution in [0.25, 0.3) is 11.2 Å². The number of benzene rings is 2. The number of rotatable bonds is 14. The third-order valence-corrected chi connectivity index (χ3v) is 15.5. The molecule has 56 heavy (non-hydrogen) atoms. The molecule has 1 aliphatic carbocycles. The van der Waals surface area contributed by atoms with Crippen molar-refractivity contribution in [3.05, 3.63) is 112 Å². The number of aromatic amines is 1. The van der Waals surface area contributed by atoms with E-state index in [2.05, 4.69) is 54.1 Å². The number of carbonyl (C=O) groups is 1.